The van der Waals surface area contributed by atoms with E-state index in [4.69, 9.17) is 9.47 Å². The highest BCUT2D eigenvalue weighted by Gasteiger charge is 2.28. The number of benzene rings is 3. The molecule has 170 valence electrons. The van der Waals surface area contributed by atoms with Crippen molar-refractivity contribution in [1.29, 1.82) is 0 Å². The van der Waals surface area contributed by atoms with Gasteiger partial charge in [0.15, 0.2) is 6.10 Å². The summed E-state index contributed by atoms with van der Waals surface area (Å²) in [5.41, 5.74) is 1.71. The van der Waals surface area contributed by atoms with Gasteiger partial charge in [0.1, 0.15) is 23.1 Å². The largest absolute Gasteiger partial charge is 0.497 e. The van der Waals surface area contributed by atoms with Crippen LogP contribution < -0.4 is 14.8 Å². The first kappa shape index (κ1) is 22.3. The van der Waals surface area contributed by atoms with E-state index in [0.717, 1.165) is 17.7 Å². The third kappa shape index (κ3) is 4.95. The number of fused-ring (bicyclic) bond motifs is 1. The Balaban J connectivity index is 1.57. The highest BCUT2D eigenvalue weighted by atomic mass is 19.1. The van der Waals surface area contributed by atoms with Gasteiger partial charge in [0.2, 0.25) is 0 Å². The van der Waals surface area contributed by atoms with Crippen LogP contribution in [0.4, 0.5) is 14.5 Å². The fraction of sp³-hybridized carbons (Fsp3) is 0.200. The molecule has 8 heteroatoms. The van der Waals surface area contributed by atoms with Crippen LogP contribution in [0, 0.1) is 11.6 Å². The number of hydrogen-bond donors (Lipinski definition) is 1. The van der Waals surface area contributed by atoms with Crippen molar-refractivity contribution in [2.75, 3.05) is 12.4 Å². The molecule has 1 atom stereocenters. The van der Waals surface area contributed by atoms with E-state index in [9.17, 15) is 18.4 Å². The lowest BCUT2D eigenvalue weighted by molar-refractivity contribution is -0.138. The van der Waals surface area contributed by atoms with Crippen molar-refractivity contribution in [3.05, 3.63) is 89.0 Å². The number of amides is 2. The maximum Gasteiger partial charge on any atom is 0.263 e. The predicted octanol–water partition coefficient (Wildman–Crippen LogP) is 4.54. The average molecular weight is 452 g/mol. The SMILES string of the molecule is COc1cccc(CN2Cc3cc(NC(=O)c4ccc(F)cc4F)ccc3OC(C)C2=O)c1. The summed E-state index contributed by atoms with van der Waals surface area (Å²) in [6.07, 6.45) is -0.689. The maximum absolute atomic E-state index is 14.0. The molecule has 6 nitrogen and oxygen atoms in total. The summed E-state index contributed by atoms with van der Waals surface area (Å²) in [6, 6.07) is 15.1. The Labute approximate surface area is 189 Å². The number of nitrogens with zero attached hydrogens (tertiary/aromatic N) is 1. The molecule has 3 aromatic carbocycles. The molecule has 0 aliphatic carbocycles. The van der Waals surface area contributed by atoms with Crippen LogP contribution in [0.25, 0.3) is 0 Å². The topological polar surface area (TPSA) is 67.9 Å². The standard InChI is InChI=1S/C25H22F2N2O4/c1-15-25(31)29(13-16-4-3-5-20(10-16)32-2)14-17-11-19(7-9-23(17)33-15)28-24(30)21-8-6-18(26)12-22(21)27/h3-12,15H,13-14H2,1-2H3,(H,28,30). The summed E-state index contributed by atoms with van der Waals surface area (Å²) >= 11 is 0. The van der Waals surface area contributed by atoms with Crippen LogP contribution in [0.1, 0.15) is 28.4 Å². The minimum absolute atomic E-state index is 0.173. The lowest BCUT2D eigenvalue weighted by Gasteiger charge is -2.22. The van der Waals surface area contributed by atoms with Gasteiger partial charge in [-0.15, -0.1) is 0 Å². The minimum atomic E-state index is -0.950. The fourth-order valence-electron chi connectivity index (χ4n) is 3.67. The van der Waals surface area contributed by atoms with Crippen molar-refractivity contribution >= 4 is 17.5 Å². The van der Waals surface area contributed by atoms with Gasteiger partial charge in [-0.25, -0.2) is 8.78 Å². The Morgan fingerprint density at radius 3 is 2.73 bits per heavy atom. The lowest BCUT2D eigenvalue weighted by atomic mass is 10.1. The Morgan fingerprint density at radius 1 is 1.15 bits per heavy atom. The molecule has 2 amide bonds. The number of ether oxygens (including phenoxy) is 2. The molecule has 0 saturated heterocycles. The molecule has 0 saturated carbocycles. The smallest absolute Gasteiger partial charge is 0.263 e. The molecule has 4 rings (SSSR count). The molecule has 0 fully saturated rings. The van der Waals surface area contributed by atoms with E-state index in [1.165, 1.54) is 0 Å². The number of rotatable bonds is 5. The first-order chi connectivity index (χ1) is 15.8. The number of carbonyl (C=O) groups is 2. The zero-order valence-corrected chi connectivity index (χ0v) is 18.1. The highest BCUT2D eigenvalue weighted by Crippen LogP contribution is 2.30. The number of carbonyl (C=O) groups excluding carboxylic acids is 2. The van der Waals surface area contributed by atoms with Crippen LogP contribution in [-0.2, 0) is 17.9 Å². The van der Waals surface area contributed by atoms with Crippen LogP contribution in [0.2, 0.25) is 0 Å². The quantitative estimate of drug-likeness (QED) is 0.618. The van der Waals surface area contributed by atoms with Gasteiger partial charge in [-0.1, -0.05) is 12.1 Å². The fourth-order valence-corrected chi connectivity index (χ4v) is 3.67. The summed E-state index contributed by atoms with van der Waals surface area (Å²) in [5.74, 6) is -1.38. The van der Waals surface area contributed by atoms with Crippen LogP contribution in [0.5, 0.6) is 11.5 Å². The summed E-state index contributed by atoms with van der Waals surface area (Å²) in [4.78, 5) is 27.0. The normalized spacial score (nSPS) is 15.3. The van der Waals surface area contributed by atoms with Gasteiger partial charge in [0, 0.05) is 30.4 Å². The van der Waals surface area contributed by atoms with E-state index in [-0.39, 0.29) is 18.0 Å². The van der Waals surface area contributed by atoms with Gasteiger partial charge >= 0.3 is 0 Å². The third-order valence-corrected chi connectivity index (χ3v) is 5.33. The second-order valence-electron chi connectivity index (χ2n) is 7.71. The van der Waals surface area contributed by atoms with Crippen molar-refractivity contribution in [3.8, 4) is 11.5 Å². The molecule has 0 radical (unpaired) electrons. The molecule has 1 heterocycles. The van der Waals surface area contributed by atoms with Gasteiger partial charge in [0.25, 0.3) is 11.8 Å². The van der Waals surface area contributed by atoms with Crippen LogP contribution in [-0.4, -0.2) is 29.9 Å². The first-order valence-electron chi connectivity index (χ1n) is 10.3. The van der Waals surface area contributed by atoms with Crippen molar-refractivity contribution in [2.45, 2.75) is 26.1 Å². The van der Waals surface area contributed by atoms with Crippen molar-refractivity contribution < 1.29 is 27.8 Å². The van der Waals surface area contributed by atoms with Gasteiger partial charge in [-0.2, -0.15) is 0 Å². The van der Waals surface area contributed by atoms with Crippen LogP contribution in [0.15, 0.2) is 60.7 Å². The van der Waals surface area contributed by atoms with E-state index >= 15 is 0 Å². The summed E-state index contributed by atoms with van der Waals surface area (Å²) in [7, 11) is 1.58. The number of nitrogens with one attached hydrogen (secondary N) is 1. The molecule has 1 unspecified atom stereocenters. The molecular formula is C25H22F2N2O4. The second-order valence-corrected chi connectivity index (χ2v) is 7.71. The van der Waals surface area contributed by atoms with E-state index in [1.807, 2.05) is 24.3 Å². The zero-order chi connectivity index (χ0) is 23.5. The lowest BCUT2D eigenvalue weighted by Crippen LogP contribution is -2.37. The number of methoxy groups -OCH3 is 1. The molecular weight excluding hydrogens is 430 g/mol. The van der Waals surface area contributed by atoms with Gasteiger partial charge in [-0.05, 0) is 55.0 Å². The number of hydrogen-bond acceptors (Lipinski definition) is 4. The third-order valence-electron chi connectivity index (χ3n) is 5.33. The molecule has 1 N–H and O–H groups in total. The average Bonchev–Trinajstić information content (AvgIpc) is 2.90. The maximum atomic E-state index is 14.0. The molecule has 3 aromatic rings. The Kier molecular flexibility index (Phi) is 6.26. The summed E-state index contributed by atoms with van der Waals surface area (Å²) in [6.45, 7) is 2.29. The van der Waals surface area contributed by atoms with E-state index in [0.29, 0.717) is 35.4 Å². The summed E-state index contributed by atoms with van der Waals surface area (Å²) in [5, 5.41) is 2.61. The van der Waals surface area contributed by atoms with E-state index < -0.39 is 23.6 Å². The van der Waals surface area contributed by atoms with Crippen LogP contribution in [0.3, 0.4) is 0 Å². The van der Waals surface area contributed by atoms with Crippen molar-refractivity contribution in [3.63, 3.8) is 0 Å². The van der Waals surface area contributed by atoms with Gasteiger partial charge in [0.05, 0.1) is 12.7 Å². The molecule has 1 aliphatic heterocycles. The Hall–Kier alpha value is -3.94. The van der Waals surface area contributed by atoms with Crippen molar-refractivity contribution in [2.24, 2.45) is 0 Å². The Bertz CT molecular complexity index is 1210. The molecule has 1 aliphatic rings. The second kappa shape index (κ2) is 9.28. The monoisotopic (exact) mass is 452 g/mol. The highest BCUT2D eigenvalue weighted by molar-refractivity contribution is 6.04. The van der Waals surface area contributed by atoms with E-state index in [1.54, 1.807) is 37.1 Å². The Morgan fingerprint density at radius 2 is 1.97 bits per heavy atom. The minimum Gasteiger partial charge on any atom is -0.497 e. The van der Waals surface area contributed by atoms with Crippen LogP contribution >= 0.6 is 0 Å². The van der Waals surface area contributed by atoms with Crippen molar-refractivity contribution in [1.82, 2.24) is 4.90 Å². The van der Waals surface area contributed by atoms with Gasteiger partial charge in [-0.3, -0.25) is 9.59 Å². The molecule has 33 heavy (non-hydrogen) atoms. The predicted molar refractivity (Wildman–Crippen MR) is 118 cm³/mol. The molecule has 0 aromatic heterocycles. The molecule has 0 spiro atoms. The van der Waals surface area contributed by atoms with Gasteiger partial charge < -0.3 is 19.7 Å². The number of anilines is 1. The number of halogens is 2. The zero-order valence-electron chi connectivity index (χ0n) is 18.1. The summed E-state index contributed by atoms with van der Waals surface area (Å²) < 4.78 is 38.2. The first-order valence-corrected chi connectivity index (χ1v) is 10.3. The van der Waals surface area contributed by atoms with E-state index in [2.05, 4.69) is 5.32 Å². The molecule has 0 bridgehead atoms.